The Labute approximate surface area is 139 Å². The Balaban J connectivity index is 1.52. The minimum Gasteiger partial charge on any atom is -0.332 e. The fraction of sp³-hybridized carbons (Fsp3) is 0.294. The van der Waals surface area contributed by atoms with E-state index in [1.165, 1.54) is 0 Å². The summed E-state index contributed by atoms with van der Waals surface area (Å²) >= 11 is 0. The van der Waals surface area contributed by atoms with Gasteiger partial charge in [0.1, 0.15) is 0 Å². The third-order valence-corrected chi connectivity index (χ3v) is 4.33. The molecule has 1 aromatic carbocycles. The van der Waals surface area contributed by atoms with Gasteiger partial charge in [0.15, 0.2) is 5.69 Å². The molecule has 1 fully saturated rings. The Kier molecular flexibility index (Phi) is 3.82. The fourth-order valence-corrected chi connectivity index (χ4v) is 3.13. The van der Waals surface area contributed by atoms with E-state index in [1.54, 1.807) is 17.1 Å². The van der Waals surface area contributed by atoms with Gasteiger partial charge in [-0.05, 0) is 31.0 Å². The van der Waals surface area contributed by atoms with Gasteiger partial charge < -0.3 is 4.90 Å². The molecule has 24 heavy (non-hydrogen) atoms. The second-order valence-corrected chi connectivity index (χ2v) is 5.91. The number of hydrogen-bond donors (Lipinski definition) is 0. The fourth-order valence-electron chi connectivity index (χ4n) is 3.13. The summed E-state index contributed by atoms with van der Waals surface area (Å²) in [4.78, 5) is 14.7. The number of rotatable bonds is 4. The Hall–Kier alpha value is -2.96. The molecular weight excluding hydrogens is 304 g/mol. The van der Waals surface area contributed by atoms with Crippen molar-refractivity contribution in [1.29, 1.82) is 0 Å². The van der Waals surface area contributed by atoms with Crippen LogP contribution in [0.4, 0.5) is 0 Å². The molecule has 7 heteroatoms. The van der Waals surface area contributed by atoms with Gasteiger partial charge in [-0.3, -0.25) is 9.48 Å². The molecule has 122 valence electrons. The molecule has 0 spiro atoms. The first kappa shape index (κ1) is 14.6. The molecule has 1 aliphatic heterocycles. The zero-order chi connectivity index (χ0) is 16.4. The maximum Gasteiger partial charge on any atom is 0.276 e. The van der Waals surface area contributed by atoms with Crippen LogP contribution in [0.3, 0.4) is 0 Å². The maximum atomic E-state index is 12.8. The lowest BCUT2D eigenvalue weighted by Crippen LogP contribution is -2.38. The third kappa shape index (κ3) is 2.80. The molecule has 0 N–H and O–H groups in total. The average molecular weight is 322 g/mol. The number of benzene rings is 1. The van der Waals surface area contributed by atoms with Crippen molar-refractivity contribution in [3.05, 3.63) is 60.7 Å². The van der Waals surface area contributed by atoms with Gasteiger partial charge in [0.25, 0.3) is 5.91 Å². The highest BCUT2D eigenvalue weighted by Gasteiger charge is 2.31. The summed E-state index contributed by atoms with van der Waals surface area (Å²) in [6.07, 6.45) is 7.36. The summed E-state index contributed by atoms with van der Waals surface area (Å²) < 4.78 is 3.50. The van der Waals surface area contributed by atoms with E-state index in [0.717, 1.165) is 25.1 Å². The number of nitrogens with zero attached hydrogens (tertiary/aromatic N) is 6. The lowest BCUT2D eigenvalue weighted by molar-refractivity contribution is 0.0715. The Morgan fingerprint density at radius 3 is 2.88 bits per heavy atom. The van der Waals surface area contributed by atoms with Gasteiger partial charge in [0, 0.05) is 18.9 Å². The predicted octanol–water partition coefficient (Wildman–Crippen LogP) is 1.77. The third-order valence-electron chi connectivity index (χ3n) is 4.33. The van der Waals surface area contributed by atoms with Crippen molar-refractivity contribution in [3.8, 4) is 5.69 Å². The lowest BCUT2D eigenvalue weighted by Gasteiger charge is -2.23. The number of amides is 1. The number of carbonyl (C=O) groups excluding carboxylic acids is 1. The van der Waals surface area contributed by atoms with Crippen molar-refractivity contribution in [1.82, 2.24) is 29.7 Å². The van der Waals surface area contributed by atoms with Crippen LogP contribution in [0.15, 0.2) is 55.0 Å². The summed E-state index contributed by atoms with van der Waals surface area (Å²) in [5.41, 5.74) is 1.27. The van der Waals surface area contributed by atoms with Crippen molar-refractivity contribution in [2.45, 2.75) is 25.4 Å². The summed E-state index contributed by atoms with van der Waals surface area (Å²) in [5, 5.41) is 12.4. The van der Waals surface area contributed by atoms with E-state index >= 15 is 0 Å². The van der Waals surface area contributed by atoms with Crippen LogP contribution in [0.5, 0.6) is 0 Å². The van der Waals surface area contributed by atoms with Crippen molar-refractivity contribution < 1.29 is 4.79 Å². The number of hydrogen-bond acceptors (Lipinski definition) is 4. The first-order chi connectivity index (χ1) is 11.8. The van der Waals surface area contributed by atoms with Gasteiger partial charge >= 0.3 is 0 Å². The monoisotopic (exact) mass is 322 g/mol. The Morgan fingerprint density at radius 2 is 2.08 bits per heavy atom. The molecule has 1 atom stereocenters. The van der Waals surface area contributed by atoms with Crippen LogP contribution < -0.4 is 0 Å². The van der Waals surface area contributed by atoms with Crippen LogP contribution in [0, 0.1) is 0 Å². The summed E-state index contributed by atoms with van der Waals surface area (Å²) in [6.45, 7) is 1.47. The zero-order valence-electron chi connectivity index (χ0n) is 13.2. The number of carbonyl (C=O) groups is 1. The van der Waals surface area contributed by atoms with Crippen LogP contribution in [-0.4, -0.2) is 48.2 Å². The van der Waals surface area contributed by atoms with Gasteiger partial charge in [0.2, 0.25) is 0 Å². The topological polar surface area (TPSA) is 68.8 Å². The van der Waals surface area contributed by atoms with Crippen LogP contribution in [0.25, 0.3) is 5.69 Å². The first-order valence-corrected chi connectivity index (χ1v) is 8.07. The molecule has 2 aromatic heterocycles. The average Bonchev–Trinajstić information content (AvgIpc) is 3.37. The molecule has 1 saturated heterocycles. The number of aromatic nitrogens is 5. The summed E-state index contributed by atoms with van der Waals surface area (Å²) in [6, 6.07) is 11.7. The van der Waals surface area contributed by atoms with Crippen molar-refractivity contribution in [2.24, 2.45) is 0 Å². The maximum absolute atomic E-state index is 12.8. The van der Waals surface area contributed by atoms with E-state index in [-0.39, 0.29) is 11.9 Å². The molecule has 0 bridgehead atoms. The highest BCUT2D eigenvalue weighted by molar-refractivity contribution is 5.92. The minimum atomic E-state index is -0.0631. The van der Waals surface area contributed by atoms with E-state index < -0.39 is 0 Å². The van der Waals surface area contributed by atoms with Gasteiger partial charge in [0.05, 0.1) is 24.5 Å². The summed E-state index contributed by atoms with van der Waals surface area (Å²) in [5.74, 6) is -0.0631. The van der Waals surface area contributed by atoms with Gasteiger partial charge in [-0.1, -0.05) is 23.4 Å². The molecule has 1 aliphatic rings. The molecule has 0 radical (unpaired) electrons. The Bertz CT molecular complexity index is 811. The van der Waals surface area contributed by atoms with Crippen LogP contribution >= 0.6 is 0 Å². The Morgan fingerprint density at radius 1 is 1.21 bits per heavy atom. The van der Waals surface area contributed by atoms with Crippen molar-refractivity contribution in [3.63, 3.8) is 0 Å². The molecule has 1 amide bonds. The molecule has 3 heterocycles. The van der Waals surface area contributed by atoms with Crippen LogP contribution in [0.1, 0.15) is 23.3 Å². The van der Waals surface area contributed by atoms with E-state index in [1.807, 2.05) is 52.2 Å². The normalized spacial score (nSPS) is 17.3. The quantitative estimate of drug-likeness (QED) is 0.734. The first-order valence-electron chi connectivity index (χ1n) is 8.07. The second kappa shape index (κ2) is 6.27. The highest BCUT2D eigenvalue weighted by atomic mass is 16.2. The van der Waals surface area contributed by atoms with Crippen LogP contribution in [0.2, 0.25) is 0 Å². The molecule has 3 aromatic rings. The number of likely N-dealkylation sites (tertiary alicyclic amines) is 1. The van der Waals surface area contributed by atoms with E-state index in [4.69, 9.17) is 0 Å². The molecule has 0 unspecified atom stereocenters. The van der Waals surface area contributed by atoms with Gasteiger partial charge in [-0.25, -0.2) is 4.68 Å². The molecule has 4 rings (SSSR count). The molecule has 7 nitrogen and oxygen atoms in total. The molecule has 0 saturated carbocycles. The van der Waals surface area contributed by atoms with Crippen molar-refractivity contribution in [2.75, 3.05) is 6.54 Å². The van der Waals surface area contributed by atoms with Gasteiger partial charge in [-0.15, -0.1) is 5.10 Å². The molecule has 0 aliphatic carbocycles. The zero-order valence-corrected chi connectivity index (χ0v) is 13.2. The minimum absolute atomic E-state index is 0.0631. The van der Waals surface area contributed by atoms with E-state index in [0.29, 0.717) is 12.2 Å². The smallest absolute Gasteiger partial charge is 0.276 e. The number of para-hydroxylation sites is 1. The standard InChI is InChI=1S/C17H18N6O/c24-17(16-13-23(20-19-16)14-6-2-1-3-7-14)22-11-4-8-15(22)12-21-10-5-9-18-21/h1-3,5-7,9-10,13,15H,4,8,11-12H2/t15-/m1/s1. The SMILES string of the molecule is O=C(c1cn(-c2ccccc2)nn1)N1CCC[C@@H]1Cn1cccn1. The second-order valence-electron chi connectivity index (χ2n) is 5.91. The molecular formula is C17H18N6O. The predicted molar refractivity (Wildman–Crippen MR) is 87.6 cm³/mol. The highest BCUT2D eigenvalue weighted by Crippen LogP contribution is 2.21. The largest absolute Gasteiger partial charge is 0.332 e. The van der Waals surface area contributed by atoms with Gasteiger partial charge in [-0.2, -0.15) is 5.10 Å². The van der Waals surface area contributed by atoms with Crippen LogP contribution in [-0.2, 0) is 6.54 Å². The van der Waals surface area contributed by atoms with Crippen molar-refractivity contribution >= 4 is 5.91 Å². The lowest BCUT2D eigenvalue weighted by atomic mass is 10.2. The van der Waals surface area contributed by atoms with E-state index in [2.05, 4.69) is 15.4 Å². The summed E-state index contributed by atoms with van der Waals surface area (Å²) in [7, 11) is 0. The van der Waals surface area contributed by atoms with E-state index in [9.17, 15) is 4.79 Å².